The van der Waals surface area contributed by atoms with E-state index in [0.29, 0.717) is 11.8 Å². The van der Waals surface area contributed by atoms with Crippen molar-refractivity contribution in [2.24, 2.45) is 29.4 Å². The maximum Gasteiger partial charge on any atom is 0.223 e. The van der Waals surface area contributed by atoms with Gasteiger partial charge in [-0.2, -0.15) is 0 Å². The predicted octanol–water partition coefficient (Wildman–Crippen LogP) is 2.69. The van der Waals surface area contributed by atoms with Gasteiger partial charge in [0.2, 0.25) is 5.91 Å². The molecule has 5 atom stereocenters. The fraction of sp³-hybridized carbons (Fsp3) is 0.938. The van der Waals surface area contributed by atoms with Gasteiger partial charge in [-0.05, 0) is 49.9 Å². The maximum atomic E-state index is 12.3. The Morgan fingerprint density at radius 3 is 2.68 bits per heavy atom. The van der Waals surface area contributed by atoms with Gasteiger partial charge < -0.3 is 11.1 Å². The monoisotopic (exact) mass is 266 g/mol. The predicted molar refractivity (Wildman–Crippen MR) is 78.6 cm³/mol. The van der Waals surface area contributed by atoms with Crippen LogP contribution in [0.25, 0.3) is 0 Å². The number of rotatable bonds is 3. The number of hydrogen-bond donors (Lipinski definition) is 2. The fourth-order valence-electron chi connectivity index (χ4n) is 3.84. The lowest BCUT2D eigenvalue weighted by atomic mass is 9.77. The van der Waals surface area contributed by atoms with E-state index in [0.717, 1.165) is 31.7 Å². The van der Waals surface area contributed by atoms with E-state index >= 15 is 0 Å². The largest absolute Gasteiger partial charge is 0.356 e. The Bertz CT molecular complexity index is 305. The second kappa shape index (κ2) is 6.74. The van der Waals surface area contributed by atoms with Gasteiger partial charge in [0.25, 0.3) is 0 Å². The molecule has 0 radical (unpaired) electrons. The van der Waals surface area contributed by atoms with Crippen molar-refractivity contribution in [2.75, 3.05) is 6.54 Å². The van der Waals surface area contributed by atoms with Gasteiger partial charge in [-0.15, -0.1) is 0 Å². The summed E-state index contributed by atoms with van der Waals surface area (Å²) < 4.78 is 0. The summed E-state index contributed by atoms with van der Waals surface area (Å²) in [5.41, 5.74) is 6.00. The fourth-order valence-corrected chi connectivity index (χ4v) is 3.84. The highest BCUT2D eigenvalue weighted by Crippen LogP contribution is 2.30. The third-order valence-electron chi connectivity index (χ3n) is 5.18. The SMILES string of the molecule is CC1CCCC(CNC(=O)C2CC(N)CCC2C)C1. The molecule has 19 heavy (non-hydrogen) atoms. The normalized spacial score (nSPS) is 39.8. The Hall–Kier alpha value is -0.570. The van der Waals surface area contributed by atoms with Crippen molar-refractivity contribution in [1.29, 1.82) is 0 Å². The number of nitrogens with one attached hydrogen (secondary N) is 1. The van der Waals surface area contributed by atoms with E-state index < -0.39 is 0 Å². The van der Waals surface area contributed by atoms with Gasteiger partial charge in [-0.25, -0.2) is 0 Å². The average Bonchev–Trinajstić information content (AvgIpc) is 2.39. The van der Waals surface area contributed by atoms with Crippen molar-refractivity contribution in [1.82, 2.24) is 5.32 Å². The molecule has 0 aromatic carbocycles. The third kappa shape index (κ3) is 4.20. The first kappa shape index (κ1) is 14.8. The number of carbonyl (C=O) groups is 1. The molecule has 0 spiro atoms. The second-order valence-corrected chi connectivity index (χ2v) is 7.04. The van der Waals surface area contributed by atoms with Crippen LogP contribution in [-0.4, -0.2) is 18.5 Å². The van der Waals surface area contributed by atoms with E-state index in [1.165, 1.54) is 25.7 Å². The van der Waals surface area contributed by atoms with E-state index in [4.69, 9.17) is 5.73 Å². The highest BCUT2D eigenvalue weighted by molar-refractivity contribution is 5.79. The van der Waals surface area contributed by atoms with Crippen LogP contribution in [-0.2, 0) is 4.79 Å². The molecule has 0 heterocycles. The molecule has 0 aromatic rings. The molecule has 2 aliphatic rings. The summed E-state index contributed by atoms with van der Waals surface area (Å²) in [5, 5.41) is 3.20. The lowest BCUT2D eigenvalue weighted by Crippen LogP contribution is -2.43. The molecule has 3 N–H and O–H groups in total. The summed E-state index contributed by atoms with van der Waals surface area (Å²) in [6, 6.07) is 0.224. The summed E-state index contributed by atoms with van der Waals surface area (Å²) >= 11 is 0. The molecule has 3 heteroatoms. The minimum absolute atomic E-state index is 0.143. The van der Waals surface area contributed by atoms with Crippen molar-refractivity contribution in [3.05, 3.63) is 0 Å². The van der Waals surface area contributed by atoms with Gasteiger partial charge in [-0.1, -0.05) is 26.7 Å². The molecule has 0 saturated heterocycles. The van der Waals surface area contributed by atoms with Crippen LogP contribution >= 0.6 is 0 Å². The zero-order valence-electron chi connectivity index (χ0n) is 12.5. The van der Waals surface area contributed by atoms with Crippen LogP contribution in [0.5, 0.6) is 0 Å². The Kier molecular flexibility index (Phi) is 5.26. The standard InChI is InChI=1S/C16H30N2O/c1-11-4-3-5-13(8-11)10-18-16(19)15-9-14(17)7-6-12(15)2/h11-15H,3-10,17H2,1-2H3,(H,18,19). The van der Waals surface area contributed by atoms with E-state index in [-0.39, 0.29) is 17.9 Å². The summed E-state index contributed by atoms with van der Waals surface area (Å²) in [7, 11) is 0. The van der Waals surface area contributed by atoms with Crippen LogP contribution in [0, 0.1) is 23.7 Å². The highest BCUT2D eigenvalue weighted by Gasteiger charge is 2.31. The van der Waals surface area contributed by atoms with Gasteiger partial charge in [0.1, 0.15) is 0 Å². The molecule has 0 bridgehead atoms. The van der Waals surface area contributed by atoms with Crippen LogP contribution in [0.15, 0.2) is 0 Å². The maximum absolute atomic E-state index is 12.3. The topological polar surface area (TPSA) is 55.1 Å². The number of carbonyl (C=O) groups excluding carboxylic acids is 1. The van der Waals surface area contributed by atoms with E-state index in [2.05, 4.69) is 19.2 Å². The molecule has 0 aliphatic heterocycles. The van der Waals surface area contributed by atoms with Crippen molar-refractivity contribution < 1.29 is 4.79 Å². The third-order valence-corrected chi connectivity index (χ3v) is 5.18. The Morgan fingerprint density at radius 1 is 1.16 bits per heavy atom. The number of hydrogen-bond acceptors (Lipinski definition) is 2. The quantitative estimate of drug-likeness (QED) is 0.825. The average molecular weight is 266 g/mol. The second-order valence-electron chi connectivity index (χ2n) is 7.04. The first-order valence-corrected chi connectivity index (χ1v) is 8.09. The Morgan fingerprint density at radius 2 is 1.95 bits per heavy atom. The highest BCUT2D eigenvalue weighted by atomic mass is 16.1. The molecular weight excluding hydrogens is 236 g/mol. The summed E-state index contributed by atoms with van der Waals surface area (Å²) in [6.07, 6.45) is 8.29. The number of amides is 1. The van der Waals surface area contributed by atoms with Crippen LogP contribution < -0.4 is 11.1 Å². The van der Waals surface area contributed by atoms with Gasteiger partial charge in [0.05, 0.1) is 0 Å². The molecule has 1 amide bonds. The van der Waals surface area contributed by atoms with Crippen molar-refractivity contribution in [3.63, 3.8) is 0 Å². The zero-order chi connectivity index (χ0) is 13.8. The molecule has 5 unspecified atom stereocenters. The Labute approximate surface area is 117 Å². The zero-order valence-corrected chi connectivity index (χ0v) is 12.5. The lowest BCUT2D eigenvalue weighted by molar-refractivity contribution is -0.128. The van der Waals surface area contributed by atoms with Crippen molar-refractivity contribution in [3.8, 4) is 0 Å². The molecule has 3 nitrogen and oxygen atoms in total. The molecule has 2 saturated carbocycles. The van der Waals surface area contributed by atoms with Gasteiger partial charge in [0.15, 0.2) is 0 Å². The van der Waals surface area contributed by atoms with Crippen molar-refractivity contribution >= 4 is 5.91 Å². The van der Waals surface area contributed by atoms with Crippen LogP contribution in [0.2, 0.25) is 0 Å². The van der Waals surface area contributed by atoms with Gasteiger partial charge in [0, 0.05) is 18.5 Å². The summed E-state index contributed by atoms with van der Waals surface area (Å²) in [5.74, 6) is 2.41. The molecule has 2 fully saturated rings. The molecule has 2 aliphatic carbocycles. The molecule has 110 valence electrons. The van der Waals surface area contributed by atoms with Crippen LogP contribution in [0.4, 0.5) is 0 Å². The van der Waals surface area contributed by atoms with Crippen molar-refractivity contribution in [2.45, 2.75) is 64.8 Å². The summed E-state index contributed by atoms with van der Waals surface area (Å²) in [4.78, 5) is 12.3. The smallest absolute Gasteiger partial charge is 0.223 e. The van der Waals surface area contributed by atoms with Gasteiger partial charge >= 0.3 is 0 Å². The molecule has 0 aromatic heterocycles. The summed E-state index contributed by atoms with van der Waals surface area (Å²) in [6.45, 7) is 5.40. The molecular formula is C16H30N2O. The van der Waals surface area contributed by atoms with E-state index in [9.17, 15) is 4.79 Å². The minimum Gasteiger partial charge on any atom is -0.356 e. The minimum atomic E-state index is 0.143. The number of nitrogens with two attached hydrogens (primary N) is 1. The Balaban J connectivity index is 1.77. The van der Waals surface area contributed by atoms with Gasteiger partial charge in [-0.3, -0.25) is 4.79 Å². The van der Waals surface area contributed by atoms with E-state index in [1.807, 2.05) is 0 Å². The first-order chi connectivity index (χ1) is 9.06. The van der Waals surface area contributed by atoms with E-state index in [1.54, 1.807) is 0 Å². The van der Waals surface area contributed by atoms with Crippen LogP contribution in [0.1, 0.15) is 58.8 Å². The first-order valence-electron chi connectivity index (χ1n) is 8.09. The lowest BCUT2D eigenvalue weighted by Gasteiger charge is -2.32. The van der Waals surface area contributed by atoms with Crippen LogP contribution in [0.3, 0.4) is 0 Å². The molecule has 2 rings (SSSR count).